The molecule has 1 aromatic rings. The fourth-order valence-corrected chi connectivity index (χ4v) is 4.58. The van der Waals surface area contributed by atoms with Crippen molar-refractivity contribution >= 4 is 33.6 Å². The summed E-state index contributed by atoms with van der Waals surface area (Å²) in [5.41, 5.74) is 4.99. The maximum atomic E-state index is 13.1. The summed E-state index contributed by atoms with van der Waals surface area (Å²) in [4.78, 5) is 39.2. The molecule has 2 aliphatic rings. The number of amides is 1. The van der Waals surface area contributed by atoms with Crippen LogP contribution in [0.4, 0.5) is 0 Å². The first-order valence-corrected chi connectivity index (χ1v) is 9.88. The molecule has 0 bridgehead atoms. The van der Waals surface area contributed by atoms with Crippen LogP contribution in [-0.2, 0) is 19.1 Å². The van der Waals surface area contributed by atoms with E-state index in [2.05, 4.69) is 22.0 Å². The number of nitrogens with two attached hydrogens (primary N) is 1. The van der Waals surface area contributed by atoms with Crippen LogP contribution in [0.1, 0.15) is 25.3 Å². The number of ketones is 1. The van der Waals surface area contributed by atoms with E-state index in [1.54, 1.807) is 48.2 Å². The van der Waals surface area contributed by atoms with Crippen molar-refractivity contribution in [3.63, 3.8) is 0 Å². The Bertz CT molecular complexity index is 980. The summed E-state index contributed by atoms with van der Waals surface area (Å²) in [5, 5.41) is 10.3. The number of carbonyl (C=O) groups is 3. The molecule has 2 aliphatic heterocycles. The second kappa shape index (κ2) is 7.84. The van der Waals surface area contributed by atoms with Crippen molar-refractivity contribution in [1.29, 1.82) is 5.26 Å². The van der Waals surface area contributed by atoms with Gasteiger partial charge in [0, 0.05) is 22.2 Å². The number of ether oxygens (including phenoxy) is 1. The Balaban J connectivity index is 2.30. The van der Waals surface area contributed by atoms with Gasteiger partial charge in [-0.25, -0.2) is 0 Å². The van der Waals surface area contributed by atoms with Gasteiger partial charge in [-0.05, 0) is 31.5 Å². The first kappa shape index (κ1) is 20.8. The van der Waals surface area contributed by atoms with Gasteiger partial charge >= 0.3 is 5.97 Å². The van der Waals surface area contributed by atoms with Gasteiger partial charge in [-0.3, -0.25) is 14.4 Å². The Morgan fingerprint density at radius 2 is 2.10 bits per heavy atom. The molecule has 2 N–H and O–H groups in total. The number of nitriles is 1. The minimum absolute atomic E-state index is 0.0830. The van der Waals surface area contributed by atoms with Crippen molar-refractivity contribution < 1.29 is 19.1 Å². The molecule has 1 saturated heterocycles. The fourth-order valence-electron chi connectivity index (χ4n) is 4.17. The maximum absolute atomic E-state index is 13.1. The molecule has 8 heteroatoms. The molecule has 0 aliphatic carbocycles. The van der Waals surface area contributed by atoms with Crippen LogP contribution in [0.3, 0.4) is 0 Å². The van der Waals surface area contributed by atoms with Gasteiger partial charge in [-0.15, -0.1) is 0 Å². The van der Waals surface area contributed by atoms with E-state index in [0.717, 1.165) is 4.47 Å². The van der Waals surface area contributed by atoms with Crippen molar-refractivity contribution in [2.45, 2.75) is 31.8 Å². The molecule has 1 fully saturated rings. The van der Waals surface area contributed by atoms with Gasteiger partial charge in [-0.1, -0.05) is 40.2 Å². The van der Waals surface area contributed by atoms with Gasteiger partial charge in [-0.2, -0.15) is 5.26 Å². The minimum Gasteiger partial charge on any atom is -0.465 e. The lowest BCUT2D eigenvalue weighted by atomic mass is 9.68. The monoisotopic (exact) mass is 457 g/mol. The number of hydrogen-bond acceptors (Lipinski definition) is 6. The van der Waals surface area contributed by atoms with Crippen LogP contribution in [0.5, 0.6) is 0 Å². The third-order valence-electron chi connectivity index (χ3n) is 5.37. The zero-order chi connectivity index (χ0) is 21.3. The van der Waals surface area contributed by atoms with Crippen LogP contribution < -0.4 is 5.73 Å². The number of benzene rings is 1. The van der Waals surface area contributed by atoms with E-state index >= 15 is 0 Å². The molecule has 0 aromatic heterocycles. The molecule has 1 aromatic carbocycles. The largest absolute Gasteiger partial charge is 0.465 e. The van der Waals surface area contributed by atoms with E-state index in [9.17, 15) is 19.6 Å². The number of esters is 1. The van der Waals surface area contributed by atoms with E-state index in [1.165, 1.54) is 13.1 Å². The second-order valence-electron chi connectivity index (χ2n) is 6.97. The average Bonchev–Trinajstić information content (AvgIpc) is 2.99. The van der Waals surface area contributed by atoms with Gasteiger partial charge in [0.1, 0.15) is 6.04 Å². The van der Waals surface area contributed by atoms with Gasteiger partial charge in [0.15, 0.2) is 11.2 Å². The highest BCUT2D eigenvalue weighted by Crippen LogP contribution is 2.53. The minimum atomic E-state index is -1.72. The van der Waals surface area contributed by atoms with E-state index in [0.29, 0.717) is 11.1 Å². The summed E-state index contributed by atoms with van der Waals surface area (Å²) >= 11 is 3.40. The van der Waals surface area contributed by atoms with Crippen molar-refractivity contribution in [2.24, 2.45) is 11.1 Å². The van der Waals surface area contributed by atoms with Crippen LogP contribution in [0.25, 0.3) is 0 Å². The molecule has 0 unspecified atom stereocenters. The lowest BCUT2D eigenvalue weighted by Gasteiger charge is -2.32. The molecule has 0 radical (unpaired) electrons. The average molecular weight is 458 g/mol. The molecule has 2 heterocycles. The second-order valence-corrected chi connectivity index (χ2v) is 7.89. The normalized spacial score (nSPS) is 27.6. The summed E-state index contributed by atoms with van der Waals surface area (Å²) in [6.45, 7) is 3.14. The number of fused-ring (bicyclic) bond motifs is 1. The lowest BCUT2D eigenvalue weighted by molar-refractivity contribution is -0.153. The summed E-state index contributed by atoms with van der Waals surface area (Å²) in [6, 6.07) is 7.39. The van der Waals surface area contributed by atoms with E-state index in [1.807, 2.05) is 0 Å². The number of rotatable bonds is 5. The van der Waals surface area contributed by atoms with Crippen LogP contribution >= 0.6 is 15.9 Å². The Labute approximate surface area is 176 Å². The smallest absolute Gasteiger partial charge is 0.329 e. The van der Waals surface area contributed by atoms with Gasteiger partial charge < -0.3 is 15.4 Å². The zero-order valence-corrected chi connectivity index (χ0v) is 17.5. The molecule has 150 valence electrons. The van der Waals surface area contributed by atoms with E-state index in [-0.39, 0.29) is 12.4 Å². The Kier molecular flexibility index (Phi) is 5.62. The van der Waals surface area contributed by atoms with Crippen molar-refractivity contribution in [1.82, 2.24) is 4.90 Å². The third kappa shape index (κ3) is 3.25. The SMILES string of the molecule is CCOC(=O)[C@]1(C#N)[C@H](c2cccc(Br)c2)[C@H](C(N)=O)N2C=C(C(C)=O)C=C[C@H]21. The highest BCUT2D eigenvalue weighted by atomic mass is 79.9. The fraction of sp³-hybridized carbons (Fsp3) is 0.333. The molecule has 7 nitrogen and oxygen atoms in total. The van der Waals surface area contributed by atoms with Crippen molar-refractivity contribution in [3.05, 3.63) is 58.2 Å². The summed E-state index contributed by atoms with van der Waals surface area (Å²) in [7, 11) is 0. The Morgan fingerprint density at radius 1 is 1.38 bits per heavy atom. The highest BCUT2D eigenvalue weighted by molar-refractivity contribution is 9.10. The predicted octanol–water partition coefficient (Wildman–Crippen LogP) is 2.19. The maximum Gasteiger partial charge on any atom is 0.329 e. The highest BCUT2D eigenvalue weighted by Gasteiger charge is 2.66. The Morgan fingerprint density at radius 3 is 2.66 bits per heavy atom. The topological polar surface area (TPSA) is 113 Å². The number of halogens is 1. The first-order valence-electron chi connectivity index (χ1n) is 9.09. The van der Waals surface area contributed by atoms with Crippen LogP contribution in [0.15, 0.2) is 52.7 Å². The zero-order valence-electron chi connectivity index (χ0n) is 16.0. The number of nitrogens with zero attached hydrogens (tertiary/aromatic N) is 2. The third-order valence-corrected chi connectivity index (χ3v) is 5.86. The van der Waals surface area contributed by atoms with E-state index < -0.39 is 35.3 Å². The molecule has 3 rings (SSSR count). The molecule has 1 amide bonds. The van der Waals surface area contributed by atoms with E-state index in [4.69, 9.17) is 10.5 Å². The van der Waals surface area contributed by atoms with Gasteiger partial charge in [0.2, 0.25) is 5.91 Å². The van der Waals surface area contributed by atoms with Crippen LogP contribution in [0.2, 0.25) is 0 Å². The molecular formula is C21H20BrN3O4. The lowest BCUT2D eigenvalue weighted by Crippen LogP contribution is -2.45. The number of primary amides is 1. The molecule has 0 spiro atoms. The van der Waals surface area contributed by atoms with Crippen molar-refractivity contribution in [2.75, 3.05) is 6.61 Å². The molecule has 4 atom stereocenters. The van der Waals surface area contributed by atoms with Crippen molar-refractivity contribution in [3.8, 4) is 6.07 Å². The molecule has 0 saturated carbocycles. The quantitative estimate of drug-likeness (QED) is 0.677. The number of carbonyl (C=O) groups excluding carboxylic acids is 3. The number of hydrogen-bond donors (Lipinski definition) is 1. The number of allylic oxidation sites excluding steroid dienone is 2. The summed E-state index contributed by atoms with van der Waals surface area (Å²) in [6.07, 6.45) is 4.67. The first-order chi connectivity index (χ1) is 13.8. The number of Topliss-reactive ketones (excluding diaryl/α,β-unsaturated/α-hetero) is 1. The summed E-state index contributed by atoms with van der Waals surface area (Å²) < 4.78 is 6.01. The van der Waals surface area contributed by atoms with Crippen LogP contribution in [0, 0.1) is 16.7 Å². The van der Waals surface area contributed by atoms with Gasteiger partial charge in [0.25, 0.3) is 0 Å². The predicted molar refractivity (Wildman–Crippen MR) is 108 cm³/mol. The summed E-state index contributed by atoms with van der Waals surface area (Å²) in [5.74, 6) is -2.52. The molecular weight excluding hydrogens is 438 g/mol. The van der Waals surface area contributed by atoms with Gasteiger partial charge in [0.05, 0.1) is 18.7 Å². The standard InChI is InChI=1S/C21H20BrN3O4/c1-3-29-20(28)21(11-23)16-8-7-14(12(2)26)10-25(16)18(19(24)27)17(21)13-5-4-6-15(22)9-13/h4-10,16-18H,3H2,1-2H3,(H2,24,27)/t16-,17+,18+,21-/m0/s1. The Hall–Kier alpha value is -2.92. The van der Waals surface area contributed by atoms with Crippen LogP contribution in [-0.4, -0.2) is 41.3 Å². The molecule has 29 heavy (non-hydrogen) atoms.